The molecule has 0 N–H and O–H groups in total. The Kier molecular flexibility index (Phi) is 6.76. The van der Waals surface area contributed by atoms with E-state index < -0.39 is 0 Å². The van der Waals surface area contributed by atoms with Crippen LogP contribution in [0.4, 0.5) is 0 Å². The molecule has 0 aliphatic rings. The van der Waals surface area contributed by atoms with E-state index in [0.29, 0.717) is 18.8 Å². The van der Waals surface area contributed by atoms with Gasteiger partial charge in [0, 0.05) is 6.42 Å². The number of rotatable bonds is 7. The van der Waals surface area contributed by atoms with Crippen LogP contribution < -0.4 is 0 Å². The fraction of sp³-hybridized carbons (Fsp3) is 0.941. The highest BCUT2D eigenvalue weighted by Gasteiger charge is 2.35. The van der Waals surface area contributed by atoms with Crippen LogP contribution in [0, 0.1) is 10.8 Å². The molecule has 0 unspecified atom stereocenters. The topological polar surface area (TPSA) is 26.3 Å². The molecule has 0 aliphatic heterocycles. The average molecular weight is 396 g/mol. The second kappa shape index (κ2) is 6.64. The summed E-state index contributed by atoms with van der Waals surface area (Å²) in [4.78, 5) is 12.0. The van der Waals surface area contributed by atoms with E-state index in [1.54, 1.807) is 0 Å². The summed E-state index contributed by atoms with van der Waals surface area (Å²) in [6.45, 7) is 20.0. The van der Waals surface area contributed by atoms with Crippen LogP contribution in [0.2, 0.25) is 0 Å². The molecule has 0 aromatic rings. The summed E-state index contributed by atoms with van der Waals surface area (Å²) >= 11 is 2.21. The van der Waals surface area contributed by atoms with Crippen LogP contribution in [-0.4, -0.2) is 21.4 Å². The first-order valence-corrected chi connectivity index (χ1v) is 8.53. The molecule has 2 nitrogen and oxygen atoms in total. The van der Waals surface area contributed by atoms with Crippen LogP contribution in [0.3, 0.4) is 0 Å². The van der Waals surface area contributed by atoms with E-state index in [1.165, 1.54) is 0 Å². The molecule has 0 aromatic heterocycles. The van der Waals surface area contributed by atoms with Gasteiger partial charge in [-0.1, -0.05) is 57.2 Å². The average Bonchev–Trinajstić information content (AvgIpc) is 2.20. The molecule has 0 aliphatic carbocycles. The summed E-state index contributed by atoms with van der Waals surface area (Å²) in [6.07, 6.45) is 1.36. The molecular weight excluding hydrogens is 363 g/mol. The van der Waals surface area contributed by atoms with Gasteiger partial charge in [0.15, 0.2) is 0 Å². The minimum absolute atomic E-state index is 0.108. The van der Waals surface area contributed by atoms with Gasteiger partial charge in [0.25, 0.3) is 0 Å². The molecule has 120 valence electrons. The number of hydrogen-bond acceptors (Lipinski definition) is 2. The minimum Gasteiger partial charge on any atom is -0.375 e. The van der Waals surface area contributed by atoms with Crippen molar-refractivity contribution in [2.75, 3.05) is 6.61 Å². The highest BCUT2D eigenvalue weighted by Crippen LogP contribution is 2.39. The number of Topliss-reactive ketones (excluding diaryl/α,β-unsaturated/α-hetero) is 1. The highest BCUT2D eigenvalue weighted by molar-refractivity contribution is 14.1. The first kappa shape index (κ1) is 20.4. The van der Waals surface area contributed by atoms with Gasteiger partial charge in [-0.15, -0.1) is 0 Å². The second-order valence-corrected chi connectivity index (χ2v) is 11.3. The normalized spacial score (nSPS) is 14.5. The van der Waals surface area contributed by atoms with Gasteiger partial charge in [-0.3, -0.25) is 4.79 Å². The lowest BCUT2D eigenvalue weighted by atomic mass is 9.70. The van der Waals surface area contributed by atoms with Gasteiger partial charge in [0.2, 0.25) is 0 Å². The summed E-state index contributed by atoms with van der Waals surface area (Å²) in [6, 6.07) is 0. The van der Waals surface area contributed by atoms with E-state index >= 15 is 0 Å². The van der Waals surface area contributed by atoms with Crippen molar-refractivity contribution in [1.82, 2.24) is 0 Å². The Labute approximate surface area is 139 Å². The van der Waals surface area contributed by atoms with Gasteiger partial charge >= 0.3 is 0 Å². The summed E-state index contributed by atoms with van der Waals surface area (Å²) in [5.74, 6) is 0.296. The maximum atomic E-state index is 12.0. The molecule has 0 aromatic carbocycles. The Morgan fingerprint density at radius 2 is 1.40 bits per heavy atom. The van der Waals surface area contributed by atoms with Crippen LogP contribution in [0.5, 0.6) is 0 Å². The number of carbonyl (C=O) groups excluding carboxylic acids is 1. The van der Waals surface area contributed by atoms with Crippen molar-refractivity contribution in [1.29, 1.82) is 0 Å². The van der Waals surface area contributed by atoms with E-state index in [2.05, 4.69) is 71.1 Å². The molecule has 0 fully saturated rings. The zero-order valence-corrected chi connectivity index (χ0v) is 17.0. The lowest BCUT2D eigenvalue weighted by Gasteiger charge is -2.41. The lowest BCUT2D eigenvalue weighted by Crippen LogP contribution is -2.38. The third-order valence-electron chi connectivity index (χ3n) is 4.47. The molecule has 0 bridgehead atoms. The number of carbonyl (C=O) groups is 1. The van der Waals surface area contributed by atoms with Crippen molar-refractivity contribution in [3.05, 3.63) is 0 Å². The minimum atomic E-state index is -0.279. The van der Waals surface area contributed by atoms with Gasteiger partial charge < -0.3 is 4.74 Å². The van der Waals surface area contributed by atoms with Crippen LogP contribution in [-0.2, 0) is 9.53 Å². The number of halogens is 1. The molecule has 3 heteroatoms. The Morgan fingerprint density at radius 3 is 1.75 bits per heavy atom. The standard InChI is InChI=1S/C17H33IO2/c1-14(2,3)15(4,5)12-20-16(6,7)11-10-13(19)17(8,9)18/h10-12H2,1-9H3. The monoisotopic (exact) mass is 396 g/mol. The van der Waals surface area contributed by atoms with E-state index in [4.69, 9.17) is 4.74 Å². The first-order chi connectivity index (χ1) is 8.58. The van der Waals surface area contributed by atoms with Crippen LogP contribution >= 0.6 is 22.6 Å². The van der Waals surface area contributed by atoms with Crippen LogP contribution in [0.1, 0.15) is 75.2 Å². The summed E-state index contributed by atoms with van der Waals surface area (Å²) in [5, 5.41) is 0. The maximum absolute atomic E-state index is 12.0. The SMILES string of the molecule is CC(C)(CCC(=O)C(C)(C)I)OCC(C)(C)C(C)(C)C. The fourth-order valence-electron chi connectivity index (χ4n) is 1.38. The largest absolute Gasteiger partial charge is 0.375 e. The van der Waals surface area contributed by atoms with Crippen molar-refractivity contribution < 1.29 is 9.53 Å². The van der Waals surface area contributed by atoms with Crippen molar-refractivity contribution in [2.45, 2.75) is 84.2 Å². The summed E-state index contributed by atoms with van der Waals surface area (Å²) < 4.78 is 5.85. The smallest absolute Gasteiger partial charge is 0.148 e. The van der Waals surface area contributed by atoms with Gasteiger partial charge in [-0.2, -0.15) is 0 Å². The highest BCUT2D eigenvalue weighted by atomic mass is 127. The van der Waals surface area contributed by atoms with E-state index in [9.17, 15) is 4.79 Å². The molecule has 0 rings (SSSR count). The van der Waals surface area contributed by atoms with E-state index in [-0.39, 0.29) is 19.9 Å². The summed E-state index contributed by atoms with van der Waals surface area (Å²) in [5.41, 5.74) is 0.0555. The Bertz CT molecular complexity index is 330. The zero-order chi connectivity index (χ0) is 16.4. The van der Waals surface area contributed by atoms with Gasteiger partial charge in [0.1, 0.15) is 5.78 Å². The van der Waals surface area contributed by atoms with Gasteiger partial charge in [-0.25, -0.2) is 0 Å². The molecule has 0 spiro atoms. The quantitative estimate of drug-likeness (QED) is 0.425. The molecule has 20 heavy (non-hydrogen) atoms. The van der Waals surface area contributed by atoms with Gasteiger partial charge in [0.05, 0.1) is 15.6 Å². The number of ketones is 1. The van der Waals surface area contributed by atoms with E-state index in [1.807, 2.05) is 13.8 Å². The number of ether oxygens (including phenoxy) is 1. The van der Waals surface area contributed by atoms with E-state index in [0.717, 1.165) is 6.42 Å². The Hall–Kier alpha value is 0.360. The fourth-order valence-corrected chi connectivity index (χ4v) is 1.65. The molecule has 0 radical (unpaired) electrons. The lowest BCUT2D eigenvalue weighted by molar-refractivity contribution is -0.123. The Morgan fingerprint density at radius 1 is 0.950 bits per heavy atom. The molecule has 0 saturated heterocycles. The van der Waals surface area contributed by atoms with Gasteiger partial charge in [-0.05, 0) is 44.9 Å². The van der Waals surface area contributed by atoms with Crippen molar-refractivity contribution in [3.63, 3.8) is 0 Å². The maximum Gasteiger partial charge on any atom is 0.148 e. The molecule has 0 amide bonds. The molecule has 0 atom stereocenters. The Balaban J connectivity index is 4.45. The van der Waals surface area contributed by atoms with Crippen molar-refractivity contribution in [3.8, 4) is 0 Å². The molecule has 0 saturated carbocycles. The second-order valence-electron chi connectivity index (χ2n) is 8.58. The molecular formula is C17H33IO2. The number of alkyl halides is 1. The molecule has 0 heterocycles. The van der Waals surface area contributed by atoms with Crippen LogP contribution in [0.15, 0.2) is 0 Å². The first-order valence-electron chi connectivity index (χ1n) is 7.45. The third kappa shape index (κ3) is 6.88. The van der Waals surface area contributed by atoms with Crippen molar-refractivity contribution in [2.24, 2.45) is 10.8 Å². The van der Waals surface area contributed by atoms with Crippen LogP contribution in [0.25, 0.3) is 0 Å². The third-order valence-corrected chi connectivity index (χ3v) is 5.07. The predicted octanol–water partition coefficient (Wildman–Crippen LogP) is 5.42. The summed E-state index contributed by atoms with van der Waals surface area (Å²) in [7, 11) is 0. The van der Waals surface area contributed by atoms with Crippen molar-refractivity contribution >= 4 is 28.4 Å². The number of hydrogen-bond donors (Lipinski definition) is 0. The zero-order valence-electron chi connectivity index (χ0n) is 14.8. The predicted molar refractivity (Wildman–Crippen MR) is 95.6 cm³/mol.